The molecule has 0 fully saturated rings. The number of halogens is 1. The van der Waals surface area contributed by atoms with Gasteiger partial charge >= 0.3 is 0 Å². The second-order valence-corrected chi connectivity index (χ2v) is 6.59. The summed E-state index contributed by atoms with van der Waals surface area (Å²) in [5.74, 6) is 0. The highest BCUT2D eigenvalue weighted by molar-refractivity contribution is 6.32. The Balaban J connectivity index is 1.80. The molecule has 2 heterocycles. The first-order chi connectivity index (χ1) is 13.1. The SMILES string of the molecule is Cc1c(N=Cc2cc3ccccc3nc2Cl)c(=O)n(-c2ccccc2)n1C. The van der Waals surface area contributed by atoms with Gasteiger partial charge in [-0.3, -0.25) is 9.48 Å². The van der Waals surface area contributed by atoms with Gasteiger partial charge in [0, 0.05) is 24.2 Å². The maximum atomic E-state index is 12.9. The Hall–Kier alpha value is -3.18. The van der Waals surface area contributed by atoms with Gasteiger partial charge in [-0.1, -0.05) is 48.0 Å². The number of benzene rings is 2. The number of nitrogens with zero attached hydrogens (tertiary/aromatic N) is 4. The highest BCUT2D eigenvalue weighted by Crippen LogP contribution is 2.21. The largest absolute Gasteiger partial charge is 0.297 e. The zero-order valence-corrected chi connectivity index (χ0v) is 15.7. The molecule has 0 atom stereocenters. The second kappa shape index (κ2) is 6.85. The highest BCUT2D eigenvalue weighted by Gasteiger charge is 2.15. The van der Waals surface area contributed by atoms with Gasteiger partial charge in [0.25, 0.3) is 5.56 Å². The molecule has 0 unspecified atom stereocenters. The van der Waals surface area contributed by atoms with Crippen molar-refractivity contribution in [2.75, 3.05) is 0 Å². The highest BCUT2D eigenvalue weighted by atomic mass is 35.5. The molecule has 134 valence electrons. The Labute approximate surface area is 161 Å². The first-order valence-corrected chi connectivity index (χ1v) is 8.87. The zero-order chi connectivity index (χ0) is 19.0. The van der Waals surface area contributed by atoms with Crippen molar-refractivity contribution in [3.63, 3.8) is 0 Å². The predicted molar refractivity (Wildman–Crippen MR) is 110 cm³/mol. The molecule has 0 aliphatic rings. The topological polar surface area (TPSA) is 52.2 Å². The lowest BCUT2D eigenvalue weighted by Gasteiger charge is -2.07. The van der Waals surface area contributed by atoms with Gasteiger partial charge in [0.2, 0.25) is 0 Å². The summed E-state index contributed by atoms with van der Waals surface area (Å²) in [5.41, 5.74) is 3.25. The number of hydrogen-bond donors (Lipinski definition) is 0. The fourth-order valence-corrected chi connectivity index (χ4v) is 3.23. The summed E-state index contributed by atoms with van der Waals surface area (Å²) in [6, 6.07) is 19.1. The van der Waals surface area contributed by atoms with Crippen molar-refractivity contribution in [2.24, 2.45) is 12.0 Å². The normalized spacial score (nSPS) is 11.5. The molecule has 27 heavy (non-hydrogen) atoms. The Kier molecular flexibility index (Phi) is 4.38. The molecule has 4 aromatic rings. The molecule has 0 N–H and O–H groups in total. The van der Waals surface area contributed by atoms with E-state index in [9.17, 15) is 4.79 Å². The minimum Gasteiger partial charge on any atom is -0.283 e. The lowest BCUT2D eigenvalue weighted by Crippen LogP contribution is -2.19. The van der Waals surface area contributed by atoms with Crippen LogP contribution in [0.1, 0.15) is 11.3 Å². The number of fused-ring (bicyclic) bond motifs is 1. The van der Waals surface area contributed by atoms with Gasteiger partial charge < -0.3 is 0 Å². The fourth-order valence-electron chi connectivity index (χ4n) is 3.04. The van der Waals surface area contributed by atoms with Gasteiger partial charge in [-0.25, -0.2) is 14.7 Å². The van der Waals surface area contributed by atoms with Crippen LogP contribution in [0.4, 0.5) is 5.69 Å². The van der Waals surface area contributed by atoms with Gasteiger partial charge in [0.05, 0.1) is 16.9 Å². The van der Waals surface area contributed by atoms with E-state index in [1.165, 1.54) is 0 Å². The van der Waals surface area contributed by atoms with Crippen LogP contribution in [-0.2, 0) is 7.05 Å². The molecule has 0 aliphatic heterocycles. The van der Waals surface area contributed by atoms with Crippen molar-refractivity contribution < 1.29 is 0 Å². The third-order valence-electron chi connectivity index (χ3n) is 4.56. The molecule has 0 saturated heterocycles. The Morgan fingerprint density at radius 2 is 1.78 bits per heavy atom. The number of aromatic nitrogens is 3. The van der Waals surface area contributed by atoms with Crippen LogP contribution in [0.3, 0.4) is 0 Å². The fraction of sp³-hybridized carbons (Fsp3) is 0.0952. The molecule has 0 radical (unpaired) electrons. The van der Waals surface area contributed by atoms with Crippen molar-refractivity contribution in [3.8, 4) is 5.69 Å². The summed E-state index contributed by atoms with van der Waals surface area (Å²) in [6.07, 6.45) is 1.60. The molecule has 0 aliphatic carbocycles. The number of hydrogen-bond acceptors (Lipinski definition) is 3. The molecule has 6 heteroatoms. The summed E-state index contributed by atoms with van der Waals surface area (Å²) in [4.78, 5) is 21.7. The smallest absolute Gasteiger partial charge is 0.283 e. The number of pyridine rings is 1. The average molecular weight is 377 g/mol. The van der Waals surface area contributed by atoms with Crippen molar-refractivity contribution in [1.29, 1.82) is 0 Å². The van der Waals surface area contributed by atoms with Crippen molar-refractivity contribution in [2.45, 2.75) is 6.92 Å². The van der Waals surface area contributed by atoms with E-state index in [0.717, 1.165) is 22.3 Å². The van der Waals surface area contributed by atoms with Gasteiger partial charge in [0.15, 0.2) is 5.69 Å². The number of para-hydroxylation sites is 2. The standard InChI is InChI=1S/C21H17ClN4O/c1-14-19(21(27)26(25(14)2)17-9-4-3-5-10-17)23-13-16-12-15-8-6-7-11-18(15)24-20(16)22/h3-13H,1-2H3. The van der Waals surface area contributed by atoms with Crippen LogP contribution < -0.4 is 5.56 Å². The minimum atomic E-state index is -0.178. The molecule has 5 nitrogen and oxygen atoms in total. The van der Waals surface area contributed by atoms with Gasteiger partial charge in [0.1, 0.15) is 5.15 Å². The minimum absolute atomic E-state index is 0.178. The van der Waals surface area contributed by atoms with Crippen LogP contribution in [-0.4, -0.2) is 20.6 Å². The summed E-state index contributed by atoms with van der Waals surface area (Å²) in [5, 5.41) is 1.32. The van der Waals surface area contributed by atoms with E-state index in [1.54, 1.807) is 15.6 Å². The van der Waals surface area contributed by atoms with E-state index < -0.39 is 0 Å². The molecule has 0 amide bonds. The van der Waals surface area contributed by atoms with Crippen molar-refractivity contribution in [3.05, 3.63) is 87.4 Å². The summed E-state index contributed by atoms with van der Waals surface area (Å²) in [7, 11) is 1.84. The molecule has 2 aromatic carbocycles. The molecule has 0 saturated carbocycles. The van der Waals surface area contributed by atoms with Gasteiger partial charge in [-0.2, -0.15) is 0 Å². The predicted octanol–water partition coefficient (Wildman–Crippen LogP) is 4.44. The van der Waals surface area contributed by atoms with Crippen LogP contribution in [0, 0.1) is 6.92 Å². The molecular formula is C21H17ClN4O. The zero-order valence-electron chi connectivity index (χ0n) is 14.9. The van der Waals surface area contributed by atoms with E-state index in [0.29, 0.717) is 16.4 Å². The van der Waals surface area contributed by atoms with Crippen LogP contribution in [0.25, 0.3) is 16.6 Å². The molecular weight excluding hydrogens is 360 g/mol. The van der Waals surface area contributed by atoms with E-state index in [1.807, 2.05) is 74.6 Å². The first-order valence-electron chi connectivity index (χ1n) is 8.49. The maximum Gasteiger partial charge on any atom is 0.297 e. The quantitative estimate of drug-likeness (QED) is 0.392. The van der Waals surface area contributed by atoms with Gasteiger partial charge in [-0.15, -0.1) is 0 Å². The van der Waals surface area contributed by atoms with Crippen LogP contribution in [0.15, 0.2) is 70.5 Å². The third-order valence-corrected chi connectivity index (χ3v) is 4.86. The van der Waals surface area contributed by atoms with Crippen LogP contribution in [0.5, 0.6) is 0 Å². The Morgan fingerprint density at radius 1 is 1.07 bits per heavy atom. The van der Waals surface area contributed by atoms with Crippen LogP contribution >= 0.6 is 11.6 Å². The summed E-state index contributed by atoms with van der Waals surface area (Å²) < 4.78 is 3.40. The average Bonchev–Trinajstić information content (AvgIpc) is 2.89. The third kappa shape index (κ3) is 3.06. The van der Waals surface area contributed by atoms with Crippen molar-refractivity contribution >= 4 is 34.4 Å². The Bertz CT molecular complexity index is 1220. The lowest BCUT2D eigenvalue weighted by atomic mass is 10.2. The van der Waals surface area contributed by atoms with E-state index in [4.69, 9.17) is 11.6 Å². The van der Waals surface area contributed by atoms with Crippen molar-refractivity contribution in [1.82, 2.24) is 14.3 Å². The lowest BCUT2D eigenvalue weighted by molar-refractivity contribution is 0.630. The first kappa shape index (κ1) is 17.2. The maximum absolute atomic E-state index is 12.9. The molecule has 4 rings (SSSR count). The van der Waals surface area contributed by atoms with E-state index >= 15 is 0 Å². The number of rotatable bonds is 3. The van der Waals surface area contributed by atoms with Crippen LogP contribution in [0.2, 0.25) is 5.15 Å². The van der Waals surface area contributed by atoms with E-state index in [-0.39, 0.29) is 5.56 Å². The van der Waals surface area contributed by atoms with Gasteiger partial charge in [-0.05, 0) is 31.2 Å². The second-order valence-electron chi connectivity index (χ2n) is 6.23. The summed E-state index contributed by atoms with van der Waals surface area (Å²) in [6.45, 7) is 1.87. The Morgan fingerprint density at radius 3 is 2.56 bits per heavy atom. The number of aliphatic imine (C=N–C) groups is 1. The van der Waals surface area contributed by atoms with E-state index in [2.05, 4.69) is 9.98 Å². The molecule has 0 bridgehead atoms. The molecule has 0 spiro atoms. The molecule has 2 aromatic heterocycles. The monoisotopic (exact) mass is 376 g/mol. The summed E-state index contributed by atoms with van der Waals surface area (Å²) >= 11 is 6.29.